The van der Waals surface area contributed by atoms with E-state index in [4.69, 9.17) is 4.55 Å². The van der Waals surface area contributed by atoms with Gasteiger partial charge in [-0.3, -0.25) is 4.55 Å². The third-order valence-corrected chi connectivity index (χ3v) is 2.91. The normalized spacial score (nSPS) is 11.0. The highest BCUT2D eigenvalue weighted by Crippen LogP contribution is 2.21. The molecule has 0 saturated carbocycles. The van der Waals surface area contributed by atoms with Crippen LogP contribution in [-0.4, -0.2) is 13.0 Å². The van der Waals surface area contributed by atoms with Crippen LogP contribution in [0.5, 0.6) is 0 Å². The van der Waals surface area contributed by atoms with Gasteiger partial charge in [-0.05, 0) is 23.6 Å². The van der Waals surface area contributed by atoms with Crippen molar-refractivity contribution in [2.75, 3.05) is 0 Å². The van der Waals surface area contributed by atoms with Crippen molar-refractivity contribution < 1.29 is 13.0 Å². The molecule has 1 aromatic carbocycles. The molecule has 0 unspecified atom stereocenters. The van der Waals surface area contributed by atoms with Crippen LogP contribution in [0.25, 0.3) is 6.08 Å². The Kier molecular flexibility index (Phi) is 3.44. The molecule has 0 aliphatic heterocycles. The Morgan fingerprint density at radius 3 is 2.47 bits per heavy atom. The maximum Gasteiger partial charge on any atom is 0.295 e. The molecule has 3 nitrogen and oxygen atoms in total. The first-order chi connectivity index (χ1) is 7.00. The zero-order chi connectivity index (χ0) is 11.5. The molecule has 15 heavy (non-hydrogen) atoms. The van der Waals surface area contributed by atoms with Gasteiger partial charge < -0.3 is 0 Å². The highest BCUT2D eigenvalue weighted by atomic mass is 32.2. The standard InChI is InChI=1S/C11H12O3S/c1-3-6-9-7-5-8-11(10(9)4-2)15(12,13)14/h3-5,7-8H,1-2,6H2,(H,12,13,14). The highest BCUT2D eigenvalue weighted by molar-refractivity contribution is 7.85. The summed E-state index contributed by atoms with van der Waals surface area (Å²) in [5.74, 6) is 0. The minimum absolute atomic E-state index is 0.114. The Morgan fingerprint density at radius 1 is 1.33 bits per heavy atom. The van der Waals surface area contributed by atoms with E-state index >= 15 is 0 Å². The first kappa shape index (κ1) is 11.7. The topological polar surface area (TPSA) is 54.4 Å². The lowest BCUT2D eigenvalue weighted by Gasteiger charge is -2.07. The van der Waals surface area contributed by atoms with Crippen molar-refractivity contribution in [1.29, 1.82) is 0 Å². The van der Waals surface area contributed by atoms with E-state index in [1.807, 2.05) is 0 Å². The van der Waals surface area contributed by atoms with Crippen molar-refractivity contribution in [1.82, 2.24) is 0 Å². The van der Waals surface area contributed by atoms with Gasteiger partial charge in [0.1, 0.15) is 4.90 Å². The summed E-state index contributed by atoms with van der Waals surface area (Å²) in [7, 11) is -4.19. The first-order valence-electron chi connectivity index (χ1n) is 4.33. The summed E-state index contributed by atoms with van der Waals surface area (Å²) in [6.45, 7) is 7.12. The van der Waals surface area contributed by atoms with E-state index in [1.54, 1.807) is 18.2 Å². The Bertz CT molecular complexity index is 487. The van der Waals surface area contributed by atoms with Crippen LogP contribution in [0.4, 0.5) is 0 Å². The maximum absolute atomic E-state index is 11.1. The summed E-state index contributed by atoms with van der Waals surface area (Å²) < 4.78 is 31.1. The molecule has 80 valence electrons. The van der Waals surface area contributed by atoms with Gasteiger partial charge in [-0.25, -0.2) is 0 Å². The molecular weight excluding hydrogens is 212 g/mol. The van der Waals surface area contributed by atoms with E-state index in [9.17, 15) is 8.42 Å². The molecule has 0 fully saturated rings. The molecule has 0 heterocycles. The van der Waals surface area contributed by atoms with E-state index in [1.165, 1.54) is 12.1 Å². The Labute approximate surface area is 89.5 Å². The van der Waals surface area contributed by atoms with Crippen molar-refractivity contribution >= 4 is 16.2 Å². The second-order valence-corrected chi connectivity index (χ2v) is 4.39. The first-order valence-corrected chi connectivity index (χ1v) is 5.77. The van der Waals surface area contributed by atoms with Crippen molar-refractivity contribution in [2.45, 2.75) is 11.3 Å². The van der Waals surface area contributed by atoms with E-state index < -0.39 is 10.1 Å². The summed E-state index contributed by atoms with van der Waals surface area (Å²) in [4.78, 5) is -0.114. The van der Waals surface area contributed by atoms with Crippen LogP contribution in [0.2, 0.25) is 0 Å². The molecule has 0 aliphatic rings. The summed E-state index contributed by atoms with van der Waals surface area (Å²) in [6.07, 6.45) is 3.61. The third kappa shape index (κ3) is 2.55. The van der Waals surface area contributed by atoms with Gasteiger partial charge in [0.2, 0.25) is 0 Å². The molecule has 0 radical (unpaired) electrons. The molecular formula is C11H12O3S. The van der Waals surface area contributed by atoms with Crippen LogP contribution < -0.4 is 0 Å². The van der Waals surface area contributed by atoms with Crippen LogP contribution in [-0.2, 0) is 16.5 Å². The number of benzene rings is 1. The van der Waals surface area contributed by atoms with Crippen LogP contribution in [0.1, 0.15) is 11.1 Å². The number of rotatable bonds is 4. The molecule has 0 amide bonds. The van der Waals surface area contributed by atoms with Crippen molar-refractivity contribution in [2.24, 2.45) is 0 Å². The molecule has 0 saturated heterocycles. The Morgan fingerprint density at radius 2 is 2.00 bits per heavy atom. The fourth-order valence-electron chi connectivity index (χ4n) is 1.38. The van der Waals surface area contributed by atoms with Gasteiger partial charge in [0.25, 0.3) is 10.1 Å². The Balaban J connectivity index is 3.48. The van der Waals surface area contributed by atoms with E-state index in [0.29, 0.717) is 12.0 Å². The summed E-state index contributed by atoms with van der Waals surface area (Å²) >= 11 is 0. The second-order valence-electron chi connectivity index (χ2n) is 3.00. The molecule has 0 spiro atoms. The molecule has 0 aliphatic carbocycles. The molecule has 4 heteroatoms. The third-order valence-electron chi connectivity index (χ3n) is 2.00. The largest absolute Gasteiger partial charge is 0.295 e. The number of hydrogen-bond donors (Lipinski definition) is 1. The number of allylic oxidation sites excluding steroid dienone is 1. The molecule has 1 N–H and O–H groups in total. The van der Waals surface area contributed by atoms with Gasteiger partial charge in [-0.2, -0.15) is 8.42 Å². The van der Waals surface area contributed by atoms with Gasteiger partial charge in [0, 0.05) is 0 Å². The number of hydrogen-bond acceptors (Lipinski definition) is 2. The molecule has 1 aromatic rings. The minimum atomic E-state index is -4.19. The molecule has 1 rings (SSSR count). The van der Waals surface area contributed by atoms with E-state index in [-0.39, 0.29) is 4.90 Å². The second kappa shape index (κ2) is 4.42. The van der Waals surface area contributed by atoms with Crippen molar-refractivity contribution in [3.63, 3.8) is 0 Å². The summed E-state index contributed by atoms with van der Waals surface area (Å²) in [5, 5.41) is 0. The van der Waals surface area contributed by atoms with Crippen LogP contribution >= 0.6 is 0 Å². The lowest BCUT2D eigenvalue weighted by molar-refractivity contribution is 0.483. The monoisotopic (exact) mass is 224 g/mol. The van der Waals surface area contributed by atoms with Crippen molar-refractivity contribution in [3.8, 4) is 0 Å². The molecule has 0 atom stereocenters. The lowest BCUT2D eigenvalue weighted by atomic mass is 10.0. The van der Waals surface area contributed by atoms with Gasteiger partial charge in [-0.1, -0.05) is 30.9 Å². The predicted molar refractivity (Wildman–Crippen MR) is 60.2 cm³/mol. The van der Waals surface area contributed by atoms with Gasteiger partial charge in [0.15, 0.2) is 0 Å². The highest BCUT2D eigenvalue weighted by Gasteiger charge is 2.15. The zero-order valence-corrected chi connectivity index (χ0v) is 9.00. The van der Waals surface area contributed by atoms with Gasteiger partial charge in [0.05, 0.1) is 0 Å². The fraction of sp³-hybridized carbons (Fsp3) is 0.0909. The van der Waals surface area contributed by atoms with Crippen LogP contribution in [0.15, 0.2) is 42.3 Å². The fourth-order valence-corrected chi connectivity index (χ4v) is 2.12. The van der Waals surface area contributed by atoms with Crippen molar-refractivity contribution in [3.05, 3.63) is 48.6 Å². The maximum atomic E-state index is 11.1. The average molecular weight is 224 g/mol. The smallest absolute Gasteiger partial charge is 0.282 e. The molecule has 0 bridgehead atoms. The predicted octanol–water partition coefficient (Wildman–Crippen LogP) is 2.30. The van der Waals surface area contributed by atoms with Crippen LogP contribution in [0, 0.1) is 0 Å². The molecule has 0 aromatic heterocycles. The quantitative estimate of drug-likeness (QED) is 0.630. The average Bonchev–Trinajstić information content (AvgIpc) is 2.16. The van der Waals surface area contributed by atoms with Crippen LogP contribution in [0.3, 0.4) is 0 Å². The van der Waals surface area contributed by atoms with E-state index in [2.05, 4.69) is 13.2 Å². The Hall–Kier alpha value is -1.39. The summed E-state index contributed by atoms with van der Waals surface area (Å²) in [5.41, 5.74) is 1.20. The van der Waals surface area contributed by atoms with Gasteiger partial charge in [-0.15, -0.1) is 6.58 Å². The van der Waals surface area contributed by atoms with Gasteiger partial charge >= 0.3 is 0 Å². The zero-order valence-electron chi connectivity index (χ0n) is 8.18. The lowest BCUT2D eigenvalue weighted by Crippen LogP contribution is -2.03. The SMILES string of the molecule is C=CCc1cccc(S(=O)(=O)O)c1C=C. The van der Waals surface area contributed by atoms with E-state index in [0.717, 1.165) is 5.56 Å². The summed E-state index contributed by atoms with van der Waals surface area (Å²) in [6, 6.07) is 4.70. The minimum Gasteiger partial charge on any atom is -0.282 e.